The van der Waals surface area contributed by atoms with Gasteiger partial charge in [0.1, 0.15) is 0 Å². The van der Waals surface area contributed by atoms with Crippen LogP contribution >= 0.6 is 0 Å². The molecule has 0 radical (unpaired) electrons. The van der Waals surface area contributed by atoms with Gasteiger partial charge in [0.25, 0.3) is 5.56 Å². The first-order chi connectivity index (χ1) is 18.7. The van der Waals surface area contributed by atoms with E-state index in [1.54, 1.807) is 5.57 Å². The van der Waals surface area contributed by atoms with Crippen molar-refractivity contribution in [1.82, 2.24) is 4.40 Å². The van der Waals surface area contributed by atoms with Crippen LogP contribution in [0, 0.1) is 0 Å². The molecule has 0 N–H and O–H groups in total. The zero-order valence-corrected chi connectivity index (χ0v) is 21.1. The van der Waals surface area contributed by atoms with Gasteiger partial charge in [-0.1, -0.05) is 85.5 Å². The van der Waals surface area contributed by atoms with E-state index < -0.39 is 0 Å². The van der Waals surface area contributed by atoms with Crippen molar-refractivity contribution in [3.05, 3.63) is 136 Å². The number of aromatic nitrogens is 1. The Morgan fingerprint density at radius 1 is 0.763 bits per heavy atom. The summed E-state index contributed by atoms with van der Waals surface area (Å²) in [6, 6.07) is 28.0. The molecular weight excluding hydrogens is 462 g/mol. The molecule has 0 aliphatic heterocycles. The number of hydrogen-bond acceptors (Lipinski definition) is 1. The average molecular weight is 488 g/mol. The molecule has 0 fully saturated rings. The Hall–Kier alpha value is -4.43. The minimum atomic E-state index is -0.345. The van der Waals surface area contributed by atoms with E-state index in [4.69, 9.17) is 0 Å². The maximum Gasteiger partial charge on any atom is 0.263 e. The largest absolute Gasteiger partial charge is 0.275 e. The summed E-state index contributed by atoms with van der Waals surface area (Å²) >= 11 is 0. The first kappa shape index (κ1) is 20.6. The van der Waals surface area contributed by atoms with Crippen molar-refractivity contribution in [2.45, 2.75) is 31.1 Å². The fourth-order valence-corrected chi connectivity index (χ4v) is 8.22. The SMILES string of the molecule is C=CC1=CC2=C(CCCC2)C12c1ccccc1-c1ccc3c(c12)c1cccc2c4ccccc4c(=O)n3c21. The number of hydrogen-bond donors (Lipinski definition) is 0. The van der Waals surface area contributed by atoms with E-state index in [1.807, 2.05) is 22.6 Å². The first-order valence-corrected chi connectivity index (χ1v) is 13.7. The molecule has 9 rings (SSSR count). The Kier molecular flexibility index (Phi) is 3.74. The highest BCUT2D eigenvalue weighted by molar-refractivity contribution is 6.22. The van der Waals surface area contributed by atoms with Gasteiger partial charge in [-0.2, -0.15) is 0 Å². The lowest BCUT2D eigenvalue weighted by Gasteiger charge is -2.35. The number of pyridine rings is 1. The smallest absolute Gasteiger partial charge is 0.263 e. The normalized spacial score (nSPS) is 20.1. The Morgan fingerprint density at radius 3 is 2.42 bits per heavy atom. The first-order valence-electron chi connectivity index (χ1n) is 13.7. The quantitative estimate of drug-likeness (QED) is 0.213. The van der Waals surface area contributed by atoms with Crippen molar-refractivity contribution in [3.8, 4) is 11.1 Å². The van der Waals surface area contributed by atoms with Gasteiger partial charge in [0.15, 0.2) is 0 Å². The van der Waals surface area contributed by atoms with Crippen LogP contribution < -0.4 is 5.56 Å². The monoisotopic (exact) mass is 487 g/mol. The van der Waals surface area contributed by atoms with Crippen LogP contribution in [0.3, 0.4) is 0 Å². The van der Waals surface area contributed by atoms with Gasteiger partial charge in [-0.3, -0.25) is 9.20 Å². The highest BCUT2D eigenvalue weighted by Gasteiger charge is 2.52. The summed E-state index contributed by atoms with van der Waals surface area (Å²) in [6.07, 6.45) is 9.20. The second kappa shape index (κ2) is 6.90. The van der Waals surface area contributed by atoms with Crippen LogP contribution in [0.15, 0.2) is 119 Å². The van der Waals surface area contributed by atoms with Crippen LogP contribution in [0.25, 0.3) is 49.1 Å². The average Bonchev–Trinajstić information content (AvgIpc) is 3.59. The summed E-state index contributed by atoms with van der Waals surface area (Å²) in [5, 5.41) is 5.31. The van der Waals surface area contributed by atoms with E-state index in [2.05, 4.69) is 79.4 Å². The topological polar surface area (TPSA) is 21.5 Å². The van der Waals surface area contributed by atoms with E-state index in [-0.39, 0.29) is 11.0 Å². The third-order valence-electron chi connectivity index (χ3n) is 9.55. The minimum Gasteiger partial charge on any atom is -0.275 e. The number of rotatable bonds is 1. The Labute approximate surface area is 220 Å². The summed E-state index contributed by atoms with van der Waals surface area (Å²) in [5.74, 6) is 0. The van der Waals surface area contributed by atoms with Crippen molar-refractivity contribution in [2.75, 3.05) is 0 Å². The number of fused-ring (bicyclic) bond motifs is 12. The molecule has 38 heavy (non-hydrogen) atoms. The molecule has 2 heteroatoms. The van der Waals surface area contributed by atoms with Gasteiger partial charge in [0, 0.05) is 21.5 Å². The number of allylic oxidation sites excluding steroid dienone is 5. The molecule has 2 nitrogen and oxygen atoms in total. The molecule has 1 spiro atoms. The standard InChI is InChI=1S/C36H25NO/c1-2-22-20-21-10-3-7-16-29(21)36(22)30-17-8-6-12-24(30)25-18-19-31-32(33(25)36)28-15-9-14-26-23-11-4-5-13-27(23)35(38)37(31)34(26)28/h2,4-6,8-9,11-15,17-20H,1,3,7,10,16H2. The van der Waals surface area contributed by atoms with Gasteiger partial charge in [-0.15, -0.1) is 0 Å². The third kappa shape index (κ3) is 2.13. The highest BCUT2D eigenvalue weighted by Crippen LogP contribution is 2.64. The molecule has 4 aromatic carbocycles. The lowest BCUT2D eigenvalue weighted by Crippen LogP contribution is -2.29. The molecule has 3 aliphatic carbocycles. The van der Waals surface area contributed by atoms with Crippen LogP contribution in [-0.4, -0.2) is 4.40 Å². The fourth-order valence-electron chi connectivity index (χ4n) is 8.22. The number of benzene rings is 4. The molecule has 180 valence electrons. The van der Waals surface area contributed by atoms with Crippen molar-refractivity contribution in [1.29, 1.82) is 0 Å². The summed E-state index contributed by atoms with van der Waals surface area (Å²) in [7, 11) is 0. The van der Waals surface area contributed by atoms with Gasteiger partial charge in [0.2, 0.25) is 0 Å². The maximum atomic E-state index is 14.1. The molecule has 2 heterocycles. The molecule has 3 aliphatic rings. The molecule has 0 amide bonds. The van der Waals surface area contributed by atoms with E-state index in [9.17, 15) is 4.79 Å². The lowest BCUT2D eigenvalue weighted by molar-refractivity contribution is 0.619. The van der Waals surface area contributed by atoms with Crippen molar-refractivity contribution in [3.63, 3.8) is 0 Å². The number of nitrogens with zero attached hydrogens (tertiary/aromatic N) is 1. The Balaban J connectivity index is 1.57. The minimum absolute atomic E-state index is 0.0623. The molecular formula is C36H25NO. The van der Waals surface area contributed by atoms with Gasteiger partial charge in [-0.05, 0) is 82.2 Å². The van der Waals surface area contributed by atoms with E-state index in [0.717, 1.165) is 45.4 Å². The lowest BCUT2D eigenvalue weighted by atomic mass is 9.66. The van der Waals surface area contributed by atoms with E-state index >= 15 is 0 Å². The van der Waals surface area contributed by atoms with Crippen molar-refractivity contribution >= 4 is 38.0 Å². The van der Waals surface area contributed by atoms with Crippen LogP contribution in [0.1, 0.15) is 36.8 Å². The maximum absolute atomic E-state index is 14.1. The van der Waals surface area contributed by atoms with Crippen LogP contribution in [0.2, 0.25) is 0 Å². The molecule has 0 saturated carbocycles. The zero-order valence-electron chi connectivity index (χ0n) is 21.1. The van der Waals surface area contributed by atoms with Gasteiger partial charge >= 0.3 is 0 Å². The van der Waals surface area contributed by atoms with E-state index in [1.165, 1.54) is 51.6 Å². The second-order valence-corrected chi connectivity index (χ2v) is 11.1. The third-order valence-corrected chi connectivity index (χ3v) is 9.55. The summed E-state index contributed by atoms with van der Waals surface area (Å²) in [5.41, 5.74) is 11.4. The summed E-state index contributed by atoms with van der Waals surface area (Å²) in [6.45, 7) is 4.34. The van der Waals surface area contributed by atoms with Gasteiger partial charge in [0.05, 0.1) is 16.4 Å². The molecule has 6 aromatic rings. The van der Waals surface area contributed by atoms with Crippen LogP contribution in [0.5, 0.6) is 0 Å². The predicted molar refractivity (Wildman–Crippen MR) is 157 cm³/mol. The zero-order chi connectivity index (χ0) is 25.2. The Morgan fingerprint density at radius 2 is 1.53 bits per heavy atom. The number of para-hydroxylation sites is 1. The van der Waals surface area contributed by atoms with Crippen LogP contribution in [-0.2, 0) is 5.41 Å². The van der Waals surface area contributed by atoms with Gasteiger partial charge in [-0.25, -0.2) is 0 Å². The molecule has 1 unspecified atom stereocenters. The van der Waals surface area contributed by atoms with Crippen LogP contribution in [0.4, 0.5) is 0 Å². The van der Waals surface area contributed by atoms with Crippen molar-refractivity contribution in [2.24, 2.45) is 0 Å². The fraction of sp³-hybridized carbons (Fsp3) is 0.139. The van der Waals surface area contributed by atoms with Gasteiger partial charge < -0.3 is 0 Å². The highest BCUT2D eigenvalue weighted by atomic mass is 16.1. The Bertz CT molecular complexity index is 2170. The summed E-state index contributed by atoms with van der Waals surface area (Å²) < 4.78 is 1.99. The second-order valence-electron chi connectivity index (χ2n) is 11.1. The molecule has 2 aromatic heterocycles. The molecule has 1 atom stereocenters. The van der Waals surface area contributed by atoms with Crippen molar-refractivity contribution < 1.29 is 0 Å². The molecule has 0 saturated heterocycles. The predicted octanol–water partition coefficient (Wildman–Crippen LogP) is 8.46. The summed E-state index contributed by atoms with van der Waals surface area (Å²) in [4.78, 5) is 14.1. The molecule has 0 bridgehead atoms. The van der Waals surface area contributed by atoms with E-state index in [0.29, 0.717) is 0 Å².